The van der Waals surface area contributed by atoms with Crippen molar-refractivity contribution in [2.75, 3.05) is 0 Å². The van der Waals surface area contributed by atoms with Gasteiger partial charge in [0.25, 0.3) is 0 Å². The molecule has 2 rings (SSSR count). The number of benzene rings is 1. The van der Waals surface area contributed by atoms with E-state index in [0.717, 1.165) is 10.5 Å². The normalized spacial score (nSPS) is 12.4. The van der Waals surface area contributed by atoms with Crippen LogP contribution in [0.15, 0.2) is 41.0 Å². The van der Waals surface area contributed by atoms with Crippen LogP contribution in [-0.4, -0.2) is 4.98 Å². The first kappa shape index (κ1) is 13.1. The molecule has 0 fully saturated rings. The number of nitrogens with two attached hydrogens (primary N) is 1. The molecule has 0 amide bonds. The van der Waals surface area contributed by atoms with Gasteiger partial charge in [0.15, 0.2) is 0 Å². The van der Waals surface area contributed by atoms with Gasteiger partial charge in [-0.15, -0.1) is 0 Å². The summed E-state index contributed by atoms with van der Waals surface area (Å²) in [7, 11) is 0. The molecule has 2 aromatic rings. The van der Waals surface area contributed by atoms with Crippen LogP contribution < -0.4 is 11.3 Å². The molecule has 94 valence electrons. The Hall–Kier alpha value is -1.37. The summed E-state index contributed by atoms with van der Waals surface area (Å²) in [6, 6.07) is 6.20. The standard InChI is InChI=1S/C12H10BrF2N3/c13-7-1-4-11(17-6-7)12(18-16)9-3-2-8(14)5-10(9)15/h1-6,12,18H,16H2. The van der Waals surface area contributed by atoms with Crippen LogP contribution in [0.2, 0.25) is 0 Å². The van der Waals surface area contributed by atoms with Gasteiger partial charge in [-0.25, -0.2) is 14.2 Å². The van der Waals surface area contributed by atoms with Gasteiger partial charge in [0.1, 0.15) is 11.6 Å². The Morgan fingerprint density at radius 2 is 2.00 bits per heavy atom. The second-order valence-electron chi connectivity index (χ2n) is 3.67. The average Bonchev–Trinajstić information content (AvgIpc) is 2.35. The number of nitrogens with zero attached hydrogens (tertiary/aromatic N) is 1. The molecule has 0 aliphatic rings. The Balaban J connectivity index is 2.41. The number of pyridine rings is 1. The van der Waals surface area contributed by atoms with Crippen LogP contribution in [0, 0.1) is 11.6 Å². The summed E-state index contributed by atoms with van der Waals surface area (Å²) in [6.07, 6.45) is 1.58. The predicted molar refractivity (Wildman–Crippen MR) is 67.5 cm³/mol. The zero-order valence-electron chi connectivity index (χ0n) is 9.20. The van der Waals surface area contributed by atoms with E-state index in [-0.39, 0.29) is 5.56 Å². The molecule has 1 unspecified atom stereocenters. The molecule has 1 aromatic heterocycles. The third-order valence-corrected chi connectivity index (χ3v) is 2.96. The second-order valence-corrected chi connectivity index (χ2v) is 4.58. The van der Waals surface area contributed by atoms with E-state index in [1.165, 1.54) is 12.1 Å². The van der Waals surface area contributed by atoms with Gasteiger partial charge in [-0.05, 0) is 34.1 Å². The maximum atomic E-state index is 13.7. The highest BCUT2D eigenvalue weighted by Crippen LogP contribution is 2.23. The maximum Gasteiger partial charge on any atom is 0.131 e. The van der Waals surface area contributed by atoms with Crippen LogP contribution in [0.25, 0.3) is 0 Å². The van der Waals surface area contributed by atoms with Crippen LogP contribution in [0.3, 0.4) is 0 Å². The summed E-state index contributed by atoms with van der Waals surface area (Å²) in [5.41, 5.74) is 3.27. The summed E-state index contributed by atoms with van der Waals surface area (Å²) in [4.78, 5) is 4.14. The Bertz CT molecular complexity index is 546. The Morgan fingerprint density at radius 3 is 2.56 bits per heavy atom. The molecule has 0 radical (unpaired) electrons. The van der Waals surface area contributed by atoms with E-state index in [4.69, 9.17) is 5.84 Å². The van der Waals surface area contributed by atoms with Gasteiger partial charge in [-0.2, -0.15) is 0 Å². The first-order valence-electron chi connectivity index (χ1n) is 5.14. The van der Waals surface area contributed by atoms with Gasteiger partial charge in [-0.1, -0.05) is 6.07 Å². The van der Waals surface area contributed by atoms with Crippen molar-refractivity contribution in [3.8, 4) is 0 Å². The zero-order chi connectivity index (χ0) is 13.1. The quantitative estimate of drug-likeness (QED) is 0.676. The number of aromatic nitrogens is 1. The molecular formula is C12H10BrF2N3. The highest BCUT2D eigenvalue weighted by molar-refractivity contribution is 9.10. The van der Waals surface area contributed by atoms with Gasteiger partial charge in [0.2, 0.25) is 0 Å². The summed E-state index contributed by atoms with van der Waals surface area (Å²) >= 11 is 3.26. The first-order valence-corrected chi connectivity index (χ1v) is 5.93. The summed E-state index contributed by atoms with van der Waals surface area (Å²) in [5.74, 6) is 4.13. The Kier molecular flexibility index (Phi) is 4.00. The number of hydrogen-bond donors (Lipinski definition) is 2. The fourth-order valence-electron chi connectivity index (χ4n) is 1.63. The molecule has 0 aliphatic heterocycles. The van der Waals surface area contributed by atoms with Crippen molar-refractivity contribution in [3.05, 3.63) is 63.9 Å². The van der Waals surface area contributed by atoms with E-state index in [1.807, 2.05) is 0 Å². The molecule has 6 heteroatoms. The van der Waals surface area contributed by atoms with E-state index in [0.29, 0.717) is 5.69 Å². The van der Waals surface area contributed by atoms with Crippen LogP contribution in [0.1, 0.15) is 17.3 Å². The molecule has 1 atom stereocenters. The summed E-state index contributed by atoms with van der Waals surface area (Å²) in [5, 5.41) is 0. The Morgan fingerprint density at radius 1 is 1.22 bits per heavy atom. The first-order chi connectivity index (χ1) is 8.61. The van der Waals surface area contributed by atoms with Gasteiger partial charge in [0, 0.05) is 22.3 Å². The second kappa shape index (κ2) is 5.51. The number of rotatable bonds is 3. The van der Waals surface area contributed by atoms with Gasteiger partial charge in [0.05, 0.1) is 11.7 Å². The van der Waals surface area contributed by atoms with E-state index in [2.05, 4.69) is 26.3 Å². The summed E-state index contributed by atoms with van der Waals surface area (Å²) in [6.45, 7) is 0. The molecule has 0 saturated carbocycles. The van der Waals surface area contributed by atoms with Gasteiger partial charge in [-0.3, -0.25) is 10.8 Å². The van der Waals surface area contributed by atoms with Crippen molar-refractivity contribution in [1.29, 1.82) is 0 Å². The van der Waals surface area contributed by atoms with Crippen molar-refractivity contribution in [2.45, 2.75) is 6.04 Å². The minimum Gasteiger partial charge on any atom is -0.271 e. The van der Waals surface area contributed by atoms with E-state index in [9.17, 15) is 8.78 Å². The minimum atomic E-state index is -0.664. The van der Waals surface area contributed by atoms with Crippen LogP contribution in [0.5, 0.6) is 0 Å². The van der Waals surface area contributed by atoms with Gasteiger partial charge >= 0.3 is 0 Å². The molecule has 18 heavy (non-hydrogen) atoms. The van der Waals surface area contributed by atoms with E-state index >= 15 is 0 Å². The lowest BCUT2D eigenvalue weighted by Gasteiger charge is -2.16. The van der Waals surface area contributed by atoms with Crippen LogP contribution in [0.4, 0.5) is 8.78 Å². The Labute approximate surface area is 111 Å². The van der Waals surface area contributed by atoms with Crippen molar-refractivity contribution in [2.24, 2.45) is 5.84 Å². The van der Waals surface area contributed by atoms with Crippen LogP contribution in [-0.2, 0) is 0 Å². The topological polar surface area (TPSA) is 50.9 Å². The SMILES string of the molecule is NNC(c1ccc(Br)cn1)c1ccc(F)cc1F. The van der Waals surface area contributed by atoms with E-state index in [1.54, 1.807) is 18.3 Å². The highest BCUT2D eigenvalue weighted by Gasteiger charge is 2.18. The lowest BCUT2D eigenvalue weighted by molar-refractivity contribution is 0.536. The molecule has 1 aromatic carbocycles. The molecular weight excluding hydrogens is 304 g/mol. The van der Waals surface area contributed by atoms with Crippen molar-refractivity contribution < 1.29 is 8.78 Å². The average molecular weight is 314 g/mol. The van der Waals surface area contributed by atoms with E-state index < -0.39 is 17.7 Å². The lowest BCUT2D eigenvalue weighted by Crippen LogP contribution is -2.30. The third-order valence-electron chi connectivity index (χ3n) is 2.49. The fourth-order valence-corrected chi connectivity index (χ4v) is 1.86. The highest BCUT2D eigenvalue weighted by atomic mass is 79.9. The lowest BCUT2D eigenvalue weighted by atomic mass is 10.0. The molecule has 0 bridgehead atoms. The number of halogens is 3. The zero-order valence-corrected chi connectivity index (χ0v) is 10.8. The molecule has 0 aliphatic carbocycles. The molecule has 0 spiro atoms. The smallest absolute Gasteiger partial charge is 0.131 e. The monoisotopic (exact) mass is 313 g/mol. The fraction of sp³-hybridized carbons (Fsp3) is 0.0833. The predicted octanol–water partition coefficient (Wildman–Crippen LogP) is 2.68. The molecule has 3 N–H and O–H groups in total. The number of hydrazine groups is 1. The minimum absolute atomic E-state index is 0.244. The van der Waals surface area contributed by atoms with Crippen molar-refractivity contribution in [3.63, 3.8) is 0 Å². The molecule has 0 saturated heterocycles. The largest absolute Gasteiger partial charge is 0.271 e. The number of nitrogens with one attached hydrogen (secondary N) is 1. The third kappa shape index (κ3) is 2.72. The summed E-state index contributed by atoms with van der Waals surface area (Å²) < 4.78 is 27.3. The number of hydrogen-bond acceptors (Lipinski definition) is 3. The van der Waals surface area contributed by atoms with Crippen molar-refractivity contribution in [1.82, 2.24) is 10.4 Å². The van der Waals surface area contributed by atoms with Crippen molar-refractivity contribution >= 4 is 15.9 Å². The van der Waals surface area contributed by atoms with Gasteiger partial charge < -0.3 is 0 Å². The maximum absolute atomic E-state index is 13.7. The molecule has 3 nitrogen and oxygen atoms in total. The molecule has 1 heterocycles. The van der Waals surface area contributed by atoms with Crippen LogP contribution >= 0.6 is 15.9 Å².